The van der Waals surface area contributed by atoms with Gasteiger partial charge in [0.15, 0.2) is 0 Å². The topological polar surface area (TPSA) is 75.3 Å². The first-order valence-corrected chi connectivity index (χ1v) is 5.80. The lowest BCUT2D eigenvalue weighted by Gasteiger charge is -2.30. The molecule has 0 saturated heterocycles. The molecule has 88 valence electrons. The summed E-state index contributed by atoms with van der Waals surface area (Å²) in [4.78, 5) is 10.7. The number of carboxylic acids is 1. The van der Waals surface area contributed by atoms with Crippen LogP contribution in [-0.2, 0) is 4.79 Å². The molecule has 0 radical (unpaired) electrons. The number of aliphatic carboxylic acids is 1. The molecule has 4 N–H and O–H groups in total. The quantitative estimate of drug-likeness (QED) is 0.637. The van der Waals surface area contributed by atoms with E-state index in [1.807, 2.05) is 7.05 Å². The zero-order chi connectivity index (χ0) is 11.3. The fourth-order valence-corrected chi connectivity index (χ4v) is 2.46. The molecule has 4 heteroatoms. The molecule has 1 fully saturated rings. The largest absolute Gasteiger partial charge is 0.480 e. The molecule has 0 aromatic carbocycles. The molecule has 0 aromatic rings. The maximum absolute atomic E-state index is 10.7. The van der Waals surface area contributed by atoms with Gasteiger partial charge in [-0.05, 0) is 32.2 Å². The first kappa shape index (κ1) is 12.5. The Hall–Kier alpha value is -0.610. The average molecular weight is 214 g/mol. The van der Waals surface area contributed by atoms with E-state index in [0.29, 0.717) is 12.3 Å². The summed E-state index contributed by atoms with van der Waals surface area (Å²) < 4.78 is 0. The molecule has 1 saturated carbocycles. The van der Waals surface area contributed by atoms with Gasteiger partial charge in [-0.3, -0.25) is 4.79 Å². The molecule has 0 amide bonds. The van der Waals surface area contributed by atoms with Crippen molar-refractivity contribution < 1.29 is 9.90 Å². The van der Waals surface area contributed by atoms with Gasteiger partial charge in [-0.25, -0.2) is 0 Å². The number of carbonyl (C=O) groups is 1. The maximum atomic E-state index is 10.7. The van der Waals surface area contributed by atoms with Crippen LogP contribution in [0.15, 0.2) is 0 Å². The van der Waals surface area contributed by atoms with Crippen molar-refractivity contribution in [1.82, 2.24) is 5.32 Å². The molecule has 0 bridgehead atoms. The average Bonchev–Trinajstić information content (AvgIpc) is 2.26. The Balaban J connectivity index is 2.43. The van der Waals surface area contributed by atoms with Gasteiger partial charge in [-0.1, -0.05) is 19.3 Å². The Morgan fingerprint density at radius 3 is 2.53 bits per heavy atom. The molecule has 2 atom stereocenters. The third-order valence-corrected chi connectivity index (χ3v) is 3.41. The fraction of sp³-hybridized carbons (Fsp3) is 0.909. The van der Waals surface area contributed by atoms with Crippen LogP contribution in [0.1, 0.15) is 38.5 Å². The van der Waals surface area contributed by atoms with E-state index < -0.39 is 12.0 Å². The molecular weight excluding hydrogens is 192 g/mol. The van der Waals surface area contributed by atoms with Gasteiger partial charge < -0.3 is 16.2 Å². The van der Waals surface area contributed by atoms with Crippen molar-refractivity contribution in [3.05, 3.63) is 0 Å². The van der Waals surface area contributed by atoms with E-state index in [1.54, 1.807) is 0 Å². The molecule has 0 heterocycles. The molecular formula is C11H22N2O2. The number of nitrogens with one attached hydrogen (secondary N) is 1. The van der Waals surface area contributed by atoms with Gasteiger partial charge in [-0.15, -0.1) is 0 Å². The molecule has 15 heavy (non-hydrogen) atoms. The van der Waals surface area contributed by atoms with Crippen LogP contribution in [0.3, 0.4) is 0 Å². The van der Waals surface area contributed by atoms with Crippen molar-refractivity contribution in [2.75, 3.05) is 7.05 Å². The van der Waals surface area contributed by atoms with Crippen LogP contribution in [0.2, 0.25) is 0 Å². The van der Waals surface area contributed by atoms with Crippen LogP contribution in [0.4, 0.5) is 0 Å². The van der Waals surface area contributed by atoms with Gasteiger partial charge in [0, 0.05) is 6.04 Å². The molecule has 1 rings (SSSR count). The molecule has 1 aliphatic carbocycles. The minimum Gasteiger partial charge on any atom is -0.480 e. The monoisotopic (exact) mass is 214 g/mol. The number of nitrogens with two attached hydrogens (primary N) is 1. The highest BCUT2D eigenvalue weighted by molar-refractivity contribution is 5.73. The van der Waals surface area contributed by atoms with Crippen LogP contribution in [-0.4, -0.2) is 30.2 Å². The van der Waals surface area contributed by atoms with Gasteiger partial charge in [-0.2, -0.15) is 0 Å². The lowest BCUT2D eigenvalue weighted by Crippen LogP contribution is -2.43. The van der Waals surface area contributed by atoms with E-state index in [2.05, 4.69) is 5.32 Å². The Labute approximate surface area is 91.2 Å². The zero-order valence-electron chi connectivity index (χ0n) is 9.41. The maximum Gasteiger partial charge on any atom is 0.320 e. The van der Waals surface area contributed by atoms with Crippen molar-refractivity contribution in [2.45, 2.75) is 50.6 Å². The molecule has 0 aromatic heterocycles. The SMILES string of the molecule is CNC(CC(N)C(=O)O)C1CCCCC1. The first-order valence-electron chi connectivity index (χ1n) is 5.80. The summed E-state index contributed by atoms with van der Waals surface area (Å²) in [6.45, 7) is 0. The highest BCUT2D eigenvalue weighted by Gasteiger charge is 2.26. The predicted octanol–water partition coefficient (Wildman–Crippen LogP) is 0.957. The Morgan fingerprint density at radius 1 is 1.47 bits per heavy atom. The number of hydrogen-bond acceptors (Lipinski definition) is 3. The minimum atomic E-state index is -0.897. The first-order chi connectivity index (χ1) is 7.15. The lowest BCUT2D eigenvalue weighted by molar-refractivity contribution is -0.138. The van der Waals surface area contributed by atoms with E-state index in [4.69, 9.17) is 10.8 Å². The second kappa shape index (κ2) is 6.08. The summed E-state index contributed by atoms with van der Waals surface area (Å²) in [5, 5.41) is 12.0. The predicted molar refractivity (Wildman–Crippen MR) is 59.7 cm³/mol. The number of carboxylic acid groups (broad SMARTS) is 1. The summed E-state index contributed by atoms with van der Waals surface area (Å²) >= 11 is 0. The van der Waals surface area contributed by atoms with Crippen LogP contribution in [0.5, 0.6) is 0 Å². The molecule has 0 aliphatic heterocycles. The second-order valence-corrected chi connectivity index (χ2v) is 4.47. The van der Waals surface area contributed by atoms with Gasteiger partial charge in [0.2, 0.25) is 0 Å². The Morgan fingerprint density at radius 2 is 2.07 bits per heavy atom. The summed E-state index contributed by atoms with van der Waals surface area (Å²) in [7, 11) is 1.90. The van der Waals surface area contributed by atoms with Gasteiger partial charge in [0.05, 0.1) is 0 Å². The van der Waals surface area contributed by atoms with Crippen LogP contribution in [0.25, 0.3) is 0 Å². The Kier molecular flexibility index (Phi) is 5.05. The highest BCUT2D eigenvalue weighted by Crippen LogP contribution is 2.27. The van der Waals surface area contributed by atoms with Crippen molar-refractivity contribution in [3.8, 4) is 0 Å². The van der Waals surface area contributed by atoms with Crippen molar-refractivity contribution in [2.24, 2.45) is 11.7 Å². The third kappa shape index (κ3) is 3.80. The van der Waals surface area contributed by atoms with E-state index in [0.717, 1.165) is 0 Å². The van der Waals surface area contributed by atoms with E-state index in [1.165, 1.54) is 32.1 Å². The summed E-state index contributed by atoms with van der Waals surface area (Å²) in [5.41, 5.74) is 5.56. The van der Waals surface area contributed by atoms with E-state index in [-0.39, 0.29) is 6.04 Å². The van der Waals surface area contributed by atoms with E-state index in [9.17, 15) is 4.79 Å². The normalized spacial score (nSPS) is 22.3. The van der Waals surface area contributed by atoms with Crippen LogP contribution >= 0.6 is 0 Å². The minimum absolute atomic E-state index is 0.261. The smallest absolute Gasteiger partial charge is 0.320 e. The second-order valence-electron chi connectivity index (χ2n) is 4.47. The summed E-state index contributed by atoms with van der Waals surface area (Å²) in [5.74, 6) is -0.291. The Bertz CT molecular complexity index is 203. The van der Waals surface area contributed by atoms with Crippen LogP contribution in [0, 0.1) is 5.92 Å². The van der Waals surface area contributed by atoms with Gasteiger partial charge >= 0.3 is 5.97 Å². The molecule has 1 aliphatic rings. The third-order valence-electron chi connectivity index (χ3n) is 3.41. The highest BCUT2D eigenvalue weighted by atomic mass is 16.4. The molecule has 2 unspecified atom stereocenters. The van der Waals surface area contributed by atoms with Crippen molar-refractivity contribution in [3.63, 3.8) is 0 Å². The standard InChI is InChI=1S/C11H22N2O2/c1-13-10(7-9(12)11(14)15)8-5-3-2-4-6-8/h8-10,13H,2-7,12H2,1H3,(H,14,15). The summed E-state index contributed by atoms with van der Waals surface area (Å²) in [6.07, 6.45) is 6.81. The molecule has 0 spiro atoms. The lowest BCUT2D eigenvalue weighted by atomic mass is 9.81. The van der Waals surface area contributed by atoms with Crippen LogP contribution < -0.4 is 11.1 Å². The van der Waals surface area contributed by atoms with Gasteiger partial charge in [0.25, 0.3) is 0 Å². The van der Waals surface area contributed by atoms with E-state index >= 15 is 0 Å². The van der Waals surface area contributed by atoms with Crippen molar-refractivity contribution >= 4 is 5.97 Å². The fourth-order valence-electron chi connectivity index (χ4n) is 2.46. The summed E-state index contributed by atoms with van der Waals surface area (Å²) in [6, 6.07) is -0.472. The number of rotatable bonds is 5. The number of hydrogen-bond donors (Lipinski definition) is 3. The van der Waals surface area contributed by atoms with Gasteiger partial charge in [0.1, 0.15) is 6.04 Å². The van der Waals surface area contributed by atoms with Crippen molar-refractivity contribution in [1.29, 1.82) is 0 Å². The zero-order valence-corrected chi connectivity index (χ0v) is 9.41. The molecule has 4 nitrogen and oxygen atoms in total.